The van der Waals surface area contributed by atoms with E-state index in [9.17, 15) is 4.39 Å². The van der Waals surface area contributed by atoms with E-state index in [0.29, 0.717) is 11.3 Å². The third-order valence-electron chi connectivity index (χ3n) is 4.00. The Balaban J connectivity index is 1.93. The number of nitrogens with zero attached hydrogens (tertiary/aromatic N) is 4. The van der Waals surface area contributed by atoms with Gasteiger partial charge in [0.05, 0.1) is 34.9 Å². The summed E-state index contributed by atoms with van der Waals surface area (Å²) in [5.41, 5.74) is -0.109. The molecule has 0 atom stereocenters. The average Bonchev–Trinajstić information content (AvgIpc) is 2.89. The molecule has 6 nitrogen and oxygen atoms in total. The molecule has 0 bridgehead atoms. The first-order chi connectivity index (χ1) is 9.80. The van der Waals surface area contributed by atoms with Gasteiger partial charge >= 0.3 is 7.12 Å². The molecule has 0 spiro atoms. The summed E-state index contributed by atoms with van der Waals surface area (Å²) in [5.74, 6) is 0. The minimum absolute atomic E-state index is 0.384. The highest BCUT2D eigenvalue weighted by Gasteiger charge is 2.52. The Kier molecular flexibility index (Phi) is 3.10. The number of hydrogen-bond acceptors (Lipinski definition) is 5. The normalized spacial score (nSPS) is 20.0. The van der Waals surface area contributed by atoms with E-state index in [1.54, 1.807) is 0 Å². The van der Waals surface area contributed by atoms with E-state index in [2.05, 4.69) is 15.0 Å². The lowest BCUT2D eigenvalue weighted by atomic mass is 9.86. The highest BCUT2D eigenvalue weighted by Crippen LogP contribution is 2.36. The summed E-state index contributed by atoms with van der Waals surface area (Å²) >= 11 is 0. The second kappa shape index (κ2) is 4.61. The van der Waals surface area contributed by atoms with Gasteiger partial charge in [-0.25, -0.2) is 15.0 Å². The zero-order valence-corrected chi connectivity index (χ0v) is 12.4. The molecular formula is C13H16BFN4O2. The highest BCUT2D eigenvalue weighted by molar-refractivity contribution is 6.61. The van der Waals surface area contributed by atoms with Crippen molar-refractivity contribution in [2.45, 2.75) is 38.9 Å². The maximum Gasteiger partial charge on any atom is 0.516 e. The van der Waals surface area contributed by atoms with E-state index in [4.69, 9.17) is 9.31 Å². The largest absolute Gasteiger partial charge is 0.516 e. The monoisotopic (exact) mass is 290 g/mol. The van der Waals surface area contributed by atoms with Crippen LogP contribution in [0, 0.1) is 6.08 Å². The zero-order valence-electron chi connectivity index (χ0n) is 12.4. The Morgan fingerprint density at radius 3 is 2.24 bits per heavy atom. The average molecular weight is 290 g/mol. The van der Waals surface area contributed by atoms with Gasteiger partial charge in [-0.1, -0.05) is 0 Å². The zero-order chi connectivity index (χ0) is 15.3. The molecule has 0 N–H and O–H groups in total. The minimum Gasteiger partial charge on any atom is -0.398 e. The van der Waals surface area contributed by atoms with Crippen molar-refractivity contribution in [3.8, 4) is 5.69 Å². The standard InChI is InChI=1S/C13H16BFN4O2/c1-12(2)13(3,4)21-14(20-12)10-7-19(11(15)18-10)9-5-16-8-17-6-9/h5-8H,1-4H3. The molecule has 3 rings (SSSR count). The Bertz CT molecular complexity index is 643. The maximum atomic E-state index is 14.0. The summed E-state index contributed by atoms with van der Waals surface area (Å²) < 4.78 is 27.0. The van der Waals surface area contributed by atoms with Crippen molar-refractivity contribution >= 4 is 12.7 Å². The van der Waals surface area contributed by atoms with Crippen molar-refractivity contribution in [1.82, 2.24) is 19.5 Å². The molecule has 1 saturated heterocycles. The number of hydrogen-bond donors (Lipinski definition) is 0. The van der Waals surface area contributed by atoms with Gasteiger partial charge in [-0.15, -0.1) is 0 Å². The second-order valence-corrected chi connectivity index (χ2v) is 5.99. The third-order valence-corrected chi connectivity index (χ3v) is 4.00. The minimum atomic E-state index is -0.699. The number of halogens is 1. The van der Waals surface area contributed by atoms with Gasteiger partial charge in [-0.3, -0.25) is 4.57 Å². The summed E-state index contributed by atoms with van der Waals surface area (Å²) in [6.07, 6.45) is 5.27. The van der Waals surface area contributed by atoms with E-state index < -0.39 is 24.4 Å². The van der Waals surface area contributed by atoms with Gasteiger partial charge in [-0.2, -0.15) is 4.39 Å². The molecule has 0 saturated carbocycles. The topological polar surface area (TPSA) is 62.1 Å². The predicted octanol–water partition coefficient (Wildman–Crippen LogP) is 1.10. The molecule has 21 heavy (non-hydrogen) atoms. The number of imidazole rings is 1. The van der Waals surface area contributed by atoms with Crippen LogP contribution in [-0.4, -0.2) is 37.8 Å². The third kappa shape index (κ3) is 2.34. The molecule has 1 aliphatic rings. The van der Waals surface area contributed by atoms with Crippen LogP contribution in [0.2, 0.25) is 0 Å². The van der Waals surface area contributed by atoms with Crippen molar-refractivity contribution < 1.29 is 13.7 Å². The Morgan fingerprint density at radius 2 is 1.67 bits per heavy atom. The van der Waals surface area contributed by atoms with E-state index in [1.165, 1.54) is 29.5 Å². The quantitative estimate of drug-likeness (QED) is 0.775. The Hall–Kier alpha value is -1.80. The van der Waals surface area contributed by atoms with Gasteiger partial charge in [0.15, 0.2) is 0 Å². The predicted molar refractivity (Wildman–Crippen MR) is 74.8 cm³/mol. The van der Waals surface area contributed by atoms with Crippen LogP contribution in [0.25, 0.3) is 5.69 Å². The van der Waals surface area contributed by atoms with Crippen molar-refractivity contribution in [1.29, 1.82) is 0 Å². The van der Waals surface area contributed by atoms with Gasteiger partial charge in [0.2, 0.25) is 0 Å². The van der Waals surface area contributed by atoms with Gasteiger partial charge in [0, 0.05) is 6.20 Å². The van der Waals surface area contributed by atoms with E-state index in [-0.39, 0.29) is 0 Å². The van der Waals surface area contributed by atoms with Crippen LogP contribution in [0.1, 0.15) is 27.7 Å². The second-order valence-electron chi connectivity index (χ2n) is 5.99. The SMILES string of the molecule is CC1(C)OB(c2cn(-c3cncnc3)c(F)n2)OC1(C)C. The summed E-state index contributed by atoms with van der Waals surface area (Å²) in [6.45, 7) is 7.74. The van der Waals surface area contributed by atoms with Crippen LogP contribution in [0.5, 0.6) is 0 Å². The van der Waals surface area contributed by atoms with Gasteiger partial charge in [-0.05, 0) is 27.7 Å². The summed E-state index contributed by atoms with van der Waals surface area (Å²) in [6, 6.07) is 0. The lowest BCUT2D eigenvalue weighted by Crippen LogP contribution is -2.41. The molecule has 1 aliphatic heterocycles. The fourth-order valence-electron chi connectivity index (χ4n) is 2.05. The van der Waals surface area contributed by atoms with Crippen molar-refractivity contribution in [2.75, 3.05) is 0 Å². The van der Waals surface area contributed by atoms with E-state index in [1.807, 2.05) is 27.7 Å². The van der Waals surface area contributed by atoms with E-state index >= 15 is 0 Å². The molecule has 0 aliphatic carbocycles. The smallest absolute Gasteiger partial charge is 0.398 e. The summed E-state index contributed by atoms with van der Waals surface area (Å²) in [5, 5.41) is 0. The van der Waals surface area contributed by atoms with Crippen LogP contribution in [-0.2, 0) is 9.31 Å². The fraction of sp³-hybridized carbons (Fsp3) is 0.462. The first-order valence-electron chi connectivity index (χ1n) is 6.66. The van der Waals surface area contributed by atoms with Crippen LogP contribution >= 0.6 is 0 Å². The first-order valence-corrected chi connectivity index (χ1v) is 6.66. The van der Waals surface area contributed by atoms with Crippen LogP contribution < -0.4 is 5.59 Å². The molecule has 2 aromatic rings. The first kappa shape index (κ1) is 14.2. The lowest BCUT2D eigenvalue weighted by molar-refractivity contribution is 0.00578. The van der Waals surface area contributed by atoms with Crippen LogP contribution in [0.15, 0.2) is 24.9 Å². The fourth-order valence-corrected chi connectivity index (χ4v) is 2.05. The van der Waals surface area contributed by atoms with Gasteiger partial charge in [0.1, 0.15) is 6.33 Å². The van der Waals surface area contributed by atoms with Crippen LogP contribution in [0.3, 0.4) is 0 Å². The lowest BCUT2D eigenvalue weighted by Gasteiger charge is -2.32. The molecule has 110 valence electrons. The molecule has 0 unspecified atom stereocenters. The Morgan fingerprint density at radius 1 is 1.10 bits per heavy atom. The summed E-state index contributed by atoms with van der Waals surface area (Å²) in [7, 11) is -0.699. The molecule has 2 aromatic heterocycles. The molecule has 0 radical (unpaired) electrons. The number of rotatable bonds is 2. The highest BCUT2D eigenvalue weighted by atomic mass is 19.1. The number of aromatic nitrogens is 4. The molecule has 0 amide bonds. The van der Waals surface area contributed by atoms with Crippen LogP contribution in [0.4, 0.5) is 4.39 Å². The van der Waals surface area contributed by atoms with Crippen molar-refractivity contribution in [2.24, 2.45) is 0 Å². The van der Waals surface area contributed by atoms with Gasteiger partial charge < -0.3 is 9.31 Å². The van der Waals surface area contributed by atoms with E-state index in [0.717, 1.165) is 0 Å². The Labute approximate surface area is 122 Å². The molecule has 1 fully saturated rings. The molecular weight excluding hydrogens is 274 g/mol. The maximum absolute atomic E-state index is 14.0. The molecule has 0 aromatic carbocycles. The van der Waals surface area contributed by atoms with Crippen molar-refractivity contribution in [3.05, 3.63) is 31.0 Å². The molecule has 8 heteroatoms. The van der Waals surface area contributed by atoms with Gasteiger partial charge in [0.25, 0.3) is 6.08 Å². The molecule has 3 heterocycles. The van der Waals surface area contributed by atoms with Crippen molar-refractivity contribution in [3.63, 3.8) is 0 Å². The summed E-state index contributed by atoms with van der Waals surface area (Å²) in [4.78, 5) is 11.6.